The Hall–Kier alpha value is -2.09. The van der Waals surface area contributed by atoms with Crippen molar-refractivity contribution in [1.82, 2.24) is 0 Å². The van der Waals surface area contributed by atoms with Crippen molar-refractivity contribution in [2.45, 2.75) is 50.7 Å². The lowest BCUT2D eigenvalue weighted by molar-refractivity contribution is -0.110. The fourth-order valence-electron chi connectivity index (χ4n) is 4.20. The number of anilines is 1. The predicted molar refractivity (Wildman–Crippen MR) is 105 cm³/mol. The summed E-state index contributed by atoms with van der Waals surface area (Å²) in [6.45, 7) is 1.85. The monoisotopic (exact) mass is 390 g/mol. The molecular weight excluding hydrogens is 367 g/mol. The molecule has 1 aromatic carbocycles. The first-order chi connectivity index (χ1) is 13.0. The first-order valence-electron chi connectivity index (χ1n) is 9.30. The Morgan fingerprint density at radius 3 is 3.07 bits per heavy atom. The third kappa shape index (κ3) is 3.42. The van der Waals surface area contributed by atoms with Crippen molar-refractivity contribution in [3.05, 3.63) is 29.6 Å². The summed E-state index contributed by atoms with van der Waals surface area (Å²) in [4.78, 5) is 22.2. The number of amidine groups is 1. The average molecular weight is 390 g/mol. The van der Waals surface area contributed by atoms with Crippen LogP contribution in [0.5, 0.6) is 0 Å². The van der Waals surface area contributed by atoms with Crippen LogP contribution in [-0.4, -0.2) is 28.6 Å². The Labute approximate surface area is 161 Å². The fraction of sp³-hybridized carbons (Fsp3) is 0.526. The van der Waals surface area contributed by atoms with Gasteiger partial charge in [-0.1, -0.05) is 29.8 Å². The molecule has 1 aromatic rings. The van der Waals surface area contributed by atoms with E-state index in [2.05, 4.69) is 10.5 Å². The average Bonchev–Trinajstić information content (AvgIpc) is 3.09. The number of thioether (sulfide) groups is 1. The van der Waals surface area contributed by atoms with Crippen LogP contribution >= 0.6 is 11.8 Å². The Morgan fingerprint density at radius 2 is 2.30 bits per heavy atom. The molecule has 27 heavy (non-hydrogen) atoms. The molecule has 1 aliphatic carbocycles. The first-order valence-corrected chi connectivity index (χ1v) is 10.3. The molecule has 1 fully saturated rings. The molecule has 0 bridgehead atoms. The molecule has 3 unspecified atom stereocenters. The van der Waals surface area contributed by atoms with Crippen LogP contribution in [-0.2, 0) is 15.2 Å². The molecule has 8 heteroatoms. The van der Waals surface area contributed by atoms with E-state index < -0.39 is 5.54 Å². The van der Waals surface area contributed by atoms with Crippen LogP contribution in [0.15, 0.2) is 28.3 Å². The number of amides is 1. The van der Waals surface area contributed by atoms with Crippen LogP contribution in [0.4, 0.5) is 10.1 Å². The molecule has 3 aliphatic rings. The van der Waals surface area contributed by atoms with Gasteiger partial charge in [0.2, 0.25) is 0 Å². The molecule has 2 heterocycles. The van der Waals surface area contributed by atoms with E-state index in [4.69, 9.17) is 15.6 Å². The quantitative estimate of drug-likeness (QED) is 0.828. The topological polar surface area (TPSA) is 89.1 Å². The maximum Gasteiger partial charge on any atom is 0.273 e. The van der Waals surface area contributed by atoms with Crippen LogP contribution in [0.25, 0.3) is 0 Å². The molecular formula is C19H23FN4O2S. The number of carbonyl (C=O) groups is 1. The van der Waals surface area contributed by atoms with Crippen LogP contribution in [0.2, 0.25) is 0 Å². The second-order valence-corrected chi connectivity index (χ2v) is 8.48. The summed E-state index contributed by atoms with van der Waals surface area (Å²) < 4.78 is 14.9. The van der Waals surface area contributed by atoms with E-state index in [9.17, 15) is 9.18 Å². The number of fused-ring (bicyclic) bond motifs is 1. The number of nitrogens with one attached hydrogen (secondary N) is 1. The maximum absolute atomic E-state index is 14.9. The molecule has 1 saturated carbocycles. The molecule has 144 valence electrons. The molecule has 6 nitrogen and oxygen atoms in total. The van der Waals surface area contributed by atoms with Crippen LogP contribution in [0.1, 0.15) is 44.6 Å². The van der Waals surface area contributed by atoms with E-state index in [1.54, 1.807) is 23.9 Å². The second-order valence-electron chi connectivity index (χ2n) is 7.43. The first kappa shape index (κ1) is 18.3. The standard InChI is InChI=1S/C19H23FN4O2S/c1-11-8-16(24-26-11)17(25)22-13-5-6-15(20)14(9-13)19-7-3-2-4-12(19)10-27-18(21)23-19/h5-6,9,11-12H,2-4,7-8,10H2,1H3,(H2,21,23)(H,22,25). The summed E-state index contributed by atoms with van der Waals surface area (Å²) in [5.41, 5.74) is 6.78. The largest absolute Gasteiger partial charge is 0.392 e. The van der Waals surface area contributed by atoms with Gasteiger partial charge in [0.15, 0.2) is 5.17 Å². The number of rotatable bonds is 3. The molecule has 3 N–H and O–H groups in total. The lowest BCUT2D eigenvalue weighted by atomic mass is 9.69. The second kappa shape index (κ2) is 7.14. The van der Waals surface area contributed by atoms with Gasteiger partial charge >= 0.3 is 0 Å². The number of hydrogen-bond acceptors (Lipinski definition) is 6. The Morgan fingerprint density at radius 1 is 1.44 bits per heavy atom. The Bertz CT molecular complexity index is 828. The van der Waals surface area contributed by atoms with Crippen molar-refractivity contribution in [3.63, 3.8) is 0 Å². The van der Waals surface area contributed by atoms with Crippen molar-refractivity contribution in [1.29, 1.82) is 0 Å². The van der Waals surface area contributed by atoms with Crippen LogP contribution < -0.4 is 11.1 Å². The number of benzene rings is 1. The van der Waals surface area contributed by atoms with Gasteiger partial charge in [-0.2, -0.15) is 0 Å². The highest BCUT2D eigenvalue weighted by atomic mass is 32.2. The van der Waals surface area contributed by atoms with Crippen molar-refractivity contribution >= 4 is 34.2 Å². The highest BCUT2D eigenvalue weighted by Gasteiger charge is 2.46. The van der Waals surface area contributed by atoms with E-state index in [1.807, 2.05) is 6.92 Å². The molecule has 1 amide bonds. The van der Waals surface area contributed by atoms with Crippen molar-refractivity contribution in [2.24, 2.45) is 21.8 Å². The van der Waals surface area contributed by atoms with Crippen LogP contribution in [0, 0.1) is 11.7 Å². The summed E-state index contributed by atoms with van der Waals surface area (Å²) in [7, 11) is 0. The molecule has 2 aliphatic heterocycles. The van der Waals surface area contributed by atoms with Gasteiger partial charge in [0.25, 0.3) is 5.91 Å². The lowest BCUT2D eigenvalue weighted by Gasteiger charge is -2.44. The number of oxime groups is 1. The maximum atomic E-state index is 14.9. The van der Waals surface area contributed by atoms with Gasteiger partial charge < -0.3 is 15.9 Å². The van der Waals surface area contributed by atoms with E-state index in [-0.39, 0.29) is 23.7 Å². The van der Waals surface area contributed by atoms with Gasteiger partial charge in [-0.3, -0.25) is 9.79 Å². The predicted octanol–water partition coefficient (Wildman–Crippen LogP) is 3.38. The summed E-state index contributed by atoms with van der Waals surface area (Å²) in [5.74, 6) is 0.463. The minimum atomic E-state index is -0.638. The molecule has 3 atom stereocenters. The normalized spacial score (nSPS) is 30.0. The number of hydrogen-bond donors (Lipinski definition) is 2. The molecule has 4 rings (SSSR count). The molecule has 0 saturated heterocycles. The van der Waals surface area contributed by atoms with Gasteiger partial charge in [-0.25, -0.2) is 4.39 Å². The number of carbonyl (C=O) groups excluding carboxylic acids is 1. The van der Waals surface area contributed by atoms with E-state index >= 15 is 0 Å². The smallest absolute Gasteiger partial charge is 0.273 e. The lowest BCUT2D eigenvalue weighted by Crippen LogP contribution is -2.43. The van der Waals surface area contributed by atoms with Gasteiger partial charge in [0.05, 0.1) is 5.54 Å². The zero-order chi connectivity index (χ0) is 19.0. The number of aliphatic imine (C=N–C) groups is 1. The summed E-state index contributed by atoms with van der Waals surface area (Å²) in [5, 5.41) is 7.13. The fourth-order valence-corrected chi connectivity index (χ4v) is 5.24. The van der Waals surface area contributed by atoms with Gasteiger partial charge in [0, 0.05) is 23.4 Å². The minimum Gasteiger partial charge on any atom is -0.392 e. The van der Waals surface area contributed by atoms with Crippen molar-refractivity contribution in [3.8, 4) is 0 Å². The number of nitrogens with zero attached hydrogens (tertiary/aromatic N) is 2. The minimum absolute atomic E-state index is 0.103. The number of halogens is 1. The van der Waals surface area contributed by atoms with E-state index in [0.717, 1.165) is 31.4 Å². The number of nitrogens with two attached hydrogens (primary N) is 1. The zero-order valence-corrected chi connectivity index (χ0v) is 16.0. The van der Waals surface area contributed by atoms with Crippen LogP contribution in [0.3, 0.4) is 0 Å². The third-order valence-corrected chi connectivity index (χ3v) is 6.51. The SMILES string of the molecule is CC1CC(C(=O)Nc2ccc(F)c(C34CCCCC3CSC(N)=N4)c2)=NO1. The summed E-state index contributed by atoms with van der Waals surface area (Å²) >= 11 is 1.54. The molecule has 0 spiro atoms. The van der Waals surface area contributed by atoms with Gasteiger partial charge in [-0.05, 0) is 43.9 Å². The third-order valence-electron chi connectivity index (χ3n) is 5.55. The molecule has 0 radical (unpaired) electrons. The summed E-state index contributed by atoms with van der Waals surface area (Å²) in [6.07, 6.45) is 4.24. The Balaban J connectivity index is 1.66. The molecule has 0 aromatic heterocycles. The van der Waals surface area contributed by atoms with Crippen molar-refractivity contribution < 1.29 is 14.0 Å². The van der Waals surface area contributed by atoms with Gasteiger partial charge in [-0.15, -0.1) is 0 Å². The highest BCUT2D eigenvalue weighted by Crippen LogP contribution is 2.50. The van der Waals surface area contributed by atoms with Crippen molar-refractivity contribution in [2.75, 3.05) is 11.1 Å². The Kier molecular flexibility index (Phi) is 4.84. The van der Waals surface area contributed by atoms with E-state index in [0.29, 0.717) is 28.6 Å². The van der Waals surface area contributed by atoms with Gasteiger partial charge in [0.1, 0.15) is 17.6 Å². The van der Waals surface area contributed by atoms with E-state index in [1.165, 1.54) is 6.07 Å². The zero-order valence-electron chi connectivity index (χ0n) is 15.2. The summed E-state index contributed by atoms with van der Waals surface area (Å²) in [6, 6.07) is 4.67. The highest BCUT2D eigenvalue weighted by molar-refractivity contribution is 8.13.